The van der Waals surface area contributed by atoms with E-state index >= 15 is 0 Å². The number of benzene rings is 1. The summed E-state index contributed by atoms with van der Waals surface area (Å²) in [6.07, 6.45) is 1.11. The molecule has 0 saturated carbocycles. The SMILES string of the molecule is CC(O)c1ccnc(Oc2ccccc2I)c1. The lowest BCUT2D eigenvalue weighted by atomic mass is 10.2. The van der Waals surface area contributed by atoms with E-state index in [4.69, 9.17) is 4.74 Å². The molecule has 0 aliphatic rings. The standard InChI is InChI=1S/C13H12INO2/c1-9(16)10-6-7-15-13(8-10)17-12-5-3-2-4-11(12)14/h2-9,16H,1H3. The maximum Gasteiger partial charge on any atom is 0.219 e. The molecule has 0 spiro atoms. The van der Waals surface area contributed by atoms with Crippen molar-refractivity contribution in [1.82, 2.24) is 4.98 Å². The van der Waals surface area contributed by atoms with Gasteiger partial charge in [0, 0.05) is 12.3 Å². The smallest absolute Gasteiger partial charge is 0.219 e. The normalized spacial score (nSPS) is 12.2. The van der Waals surface area contributed by atoms with Gasteiger partial charge in [0.25, 0.3) is 0 Å². The van der Waals surface area contributed by atoms with Gasteiger partial charge >= 0.3 is 0 Å². The molecule has 88 valence electrons. The van der Waals surface area contributed by atoms with Gasteiger partial charge in [-0.2, -0.15) is 0 Å². The van der Waals surface area contributed by atoms with Crippen LogP contribution in [-0.2, 0) is 0 Å². The molecule has 1 heterocycles. The maximum absolute atomic E-state index is 9.48. The molecular formula is C13H12INO2. The van der Waals surface area contributed by atoms with Gasteiger partial charge in [-0.1, -0.05) is 12.1 Å². The van der Waals surface area contributed by atoms with Crippen molar-refractivity contribution >= 4 is 22.6 Å². The van der Waals surface area contributed by atoms with Gasteiger partial charge in [-0.05, 0) is 53.3 Å². The van der Waals surface area contributed by atoms with E-state index < -0.39 is 6.10 Å². The molecule has 2 rings (SSSR count). The van der Waals surface area contributed by atoms with E-state index in [1.807, 2.05) is 24.3 Å². The van der Waals surface area contributed by atoms with Crippen LogP contribution < -0.4 is 4.74 Å². The van der Waals surface area contributed by atoms with Crippen LogP contribution in [0.1, 0.15) is 18.6 Å². The second kappa shape index (κ2) is 5.46. The van der Waals surface area contributed by atoms with Crippen LogP contribution >= 0.6 is 22.6 Å². The van der Waals surface area contributed by atoms with Crippen molar-refractivity contribution in [3.05, 3.63) is 51.7 Å². The number of aromatic nitrogens is 1. The zero-order valence-electron chi connectivity index (χ0n) is 9.30. The number of hydrogen-bond acceptors (Lipinski definition) is 3. The van der Waals surface area contributed by atoms with Gasteiger partial charge in [0.1, 0.15) is 5.75 Å². The van der Waals surface area contributed by atoms with Gasteiger partial charge in [-0.3, -0.25) is 0 Å². The lowest BCUT2D eigenvalue weighted by molar-refractivity contribution is 0.198. The molecule has 0 bridgehead atoms. The Morgan fingerprint density at radius 2 is 2.06 bits per heavy atom. The number of aliphatic hydroxyl groups excluding tert-OH is 1. The molecule has 0 aliphatic heterocycles. The van der Waals surface area contributed by atoms with Crippen LogP contribution in [0.25, 0.3) is 0 Å². The third-order valence-corrected chi connectivity index (χ3v) is 3.18. The Kier molecular flexibility index (Phi) is 3.96. The number of rotatable bonds is 3. The van der Waals surface area contributed by atoms with Gasteiger partial charge < -0.3 is 9.84 Å². The monoisotopic (exact) mass is 341 g/mol. The Morgan fingerprint density at radius 1 is 1.29 bits per heavy atom. The summed E-state index contributed by atoms with van der Waals surface area (Å²) in [5.41, 5.74) is 0.793. The Balaban J connectivity index is 2.25. The predicted octanol–water partition coefficient (Wildman–Crippen LogP) is 3.53. The minimum atomic E-state index is -0.518. The van der Waals surface area contributed by atoms with Crippen molar-refractivity contribution in [1.29, 1.82) is 0 Å². The van der Waals surface area contributed by atoms with Crippen LogP contribution in [0.3, 0.4) is 0 Å². The zero-order valence-corrected chi connectivity index (χ0v) is 11.5. The van der Waals surface area contributed by atoms with Gasteiger partial charge in [-0.25, -0.2) is 4.98 Å². The highest BCUT2D eigenvalue weighted by Crippen LogP contribution is 2.26. The highest BCUT2D eigenvalue weighted by molar-refractivity contribution is 14.1. The topological polar surface area (TPSA) is 42.4 Å². The summed E-state index contributed by atoms with van der Waals surface area (Å²) >= 11 is 2.21. The fourth-order valence-electron chi connectivity index (χ4n) is 1.38. The molecule has 1 aromatic heterocycles. The minimum Gasteiger partial charge on any atom is -0.438 e. The van der Waals surface area contributed by atoms with Crippen LogP contribution in [0.2, 0.25) is 0 Å². The van der Waals surface area contributed by atoms with E-state index in [1.54, 1.807) is 25.3 Å². The molecule has 0 aliphatic carbocycles. The van der Waals surface area contributed by atoms with E-state index in [0.29, 0.717) is 5.88 Å². The summed E-state index contributed by atoms with van der Waals surface area (Å²) in [4.78, 5) is 4.12. The molecule has 1 N–H and O–H groups in total. The lowest BCUT2D eigenvalue weighted by Gasteiger charge is -2.09. The second-order valence-electron chi connectivity index (χ2n) is 3.64. The number of para-hydroxylation sites is 1. The number of pyridine rings is 1. The average Bonchev–Trinajstić information content (AvgIpc) is 2.32. The molecule has 17 heavy (non-hydrogen) atoms. The first-order valence-corrected chi connectivity index (χ1v) is 6.31. The van der Waals surface area contributed by atoms with Crippen molar-refractivity contribution in [2.75, 3.05) is 0 Å². The van der Waals surface area contributed by atoms with Gasteiger partial charge in [0.05, 0.1) is 9.67 Å². The molecule has 0 radical (unpaired) electrons. The molecule has 0 amide bonds. The summed E-state index contributed by atoms with van der Waals surface area (Å²) in [5.74, 6) is 1.26. The second-order valence-corrected chi connectivity index (χ2v) is 4.80. The van der Waals surface area contributed by atoms with Crippen molar-refractivity contribution in [3.63, 3.8) is 0 Å². The third kappa shape index (κ3) is 3.17. The highest BCUT2D eigenvalue weighted by Gasteiger charge is 2.06. The number of nitrogens with zero attached hydrogens (tertiary/aromatic N) is 1. The lowest BCUT2D eigenvalue weighted by Crippen LogP contribution is -1.94. The molecule has 1 atom stereocenters. The number of aliphatic hydroxyl groups is 1. The van der Waals surface area contributed by atoms with Crippen LogP contribution in [0.4, 0.5) is 0 Å². The van der Waals surface area contributed by atoms with E-state index in [0.717, 1.165) is 14.9 Å². The molecule has 3 nitrogen and oxygen atoms in total. The Labute approximate surface area is 114 Å². The number of hydrogen-bond donors (Lipinski definition) is 1. The summed E-state index contributed by atoms with van der Waals surface area (Å²) in [6.45, 7) is 1.71. The van der Waals surface area contributed by atoms with Crippen molar-refractivity contribution in [2.45, 2.75) is 13.0 Å². The first kappa shape index (κ1) is 12.3. The summed E-state index contributed by atoms with van der Waals surface area (Å²) < 4.78 is 6.69. The summed E-state index contributed by atoms with van der Waals surface area (Å²) in [6, 6.07) is 11.2. The Bertz CT molecular complexity index is 514. The Hall–Kier alpha value is -1.14. The van der Waals surface area contributed by atoms with E-state index in [2.05, 4.69) is 27.6 Å². The van der Waals surface area contributed by atoms with Crippen LogP contribution in [0, 0.1) is 3.57 Å². The zero-order chi connectivity index (χ0) is 12.3. The molecule has 0 saturated heterocycles. The van der Waals surface area contributed by atoms with Gasteiger partial charge in [-0.15, -0.1) is 0 Å². The van der Waals surface area contributed by atoms with Crippen LogP contribution in [0.5, 0.6) is 11.6 Å². The fourth-order valence-corrected chi connectivity index (χ4v) is 1.88. The first-order chi connectivity index (χ1) is 8.16. The Morgan fingerprint density at radius 3 is 2.76 bits per heavy atom. The van der Waals surface area contributed by atoms with Crippen LogP contribution in [-0.4, -0.2) is 10.1 Å². The van der Waals surface area contributed by atoms with Gasteiger partial charge in [0.15, 0.2) is 0 Å². The molecule has 1 aromatic carbocycles. The molecule has 0 fully saturated rings. The van der Waals surface area contributed by atoms with Gasteiger partial charge in [0.2, 0.25) is 5.88 Å². The van der Waals surface area contributed by atoms with E-state index in [9.17, 15) is 5.11 Å². The third-order valence-electron chi connectivity index (χ3n) is 2.29. The maximum atomic E-state index is 9.48. The quantitative estimate of drug-likeness (QED) is 0.869. The largest absolute Gasteiger partial charge is 0.438 e. The fraction of sp³-hybridized carbons (Fsp3) is 0.154. The molecule has 1 unspecified atom stereocenters. The van der Waals surface area contributed by atoms with Crippen molar-refractivity contribution in [3.8, 4) is 11.6 Å². The number of halogens is 1. The molecule has 4 heteroatoms. The average molecular weight is 341 g/mol. The molecule has 2 aromatic rings. The summed E-state index contributed by atoms with van der Waals surface area (Å²) in [7, 11) is 0. The summed E-state index contributed by atoms with van der Waals surface area (Å²) in [5, 5.41) is 9.48. The van der Waals surface area contributed by atoms with Crippen LogP contribution in [0.15, 0.2) is 42.6 Å². The van der Waals surface area contributed by atoms with E-state index in [1.165, 1.54) is 0 Å². The predicted molar refractivity (Wildman–Crippen MR) is 74.1 cm³/mol. The number of ether oxygens (including phenoxy) is 1. The minimum absolute atomic E-state index is 0.493. The highest BCUT2D eigenvalue weighted by atomic mass is 127. The molecular weight excluding hydrogens is 329 g/mol. The van der Waals surface area contributed by atoms with E-state index in [-0.39, 0.29) is 0 Å². The van der Waals surface area contributed by atoms with Crippen molar-refractivity contribution in [2.24, 2.45) is 0 Å². The first-order valence-electron chi connectivity index (χ1n) is 5.23. The van der Waals surface area contributed by atoms with Crippen molar-refractivity contribution < 1.29 is 9.84 Å².